The lowest BCUT2D eigenvalue weighted by atomic mass is 9.87. The van der Waals surface area contributed by atoms with Crippen LogP contribution in [0, 0.1) is 11.6 Å². The summed E-state index contributed by atoms with van der Waals surface area (Å²) in [7, 11) is 4.07. The third kappa shape index (κ3) is 13.1. The summed E-state index contributed by atoms with van der Waals surface area (Å²) in [6.45, 7) is 4.22. The lowest BCUT2D eigenvalue weighted by Crippen LogP contribution is -2.46. The van der Waals surface area contributed by atoms with Crippen LogP contribution in [0.25, 0.3) is 56.1 Å². The second-order valence-electron chi connectivity index (χ2n) is 22.8. The Balaban J connectivity index is 0.000000173. The van der Waals surface area contributed by atoms with E-state index in [0.717, 1.165) is 97.0 Å². The highest BCUT2D eigenvalue weighted by atomic mass is 35.5. The van der Waals surface area contributed by atoms with E-state index >= 15 is 0 Å². The van der Waals surface area contributed by atoms with Gasteiger partial charge < -0.3 is 37.0 Å². The van der Waals surface area contributed by atoms with E-state index in [2.05, 4.69) is 66.3 Å². The van der Waals surface area contributed by atoms with E-state index in [4.69, 9.17) is 26.5 Å². The minimum absolute atomic E-state index is 0. The van der Waals surface area contributed by atoms with Crippen molar-refractivity contribution in [1.29, 1.82) is 0 Å². The van der Waals surface area contributed by atoms with Gasteiger partial charge in [-0.3, -0.25) is 14.8 Å². The van der Waals surface area contributed by atoms with Gasteiger partial charge in [-0.05, 0) is 122 Å². The van der Waals surface area contributed by atoms with Crippen molar-refractivity contribution in [2.24, 2.45) is 4.99 Å². The van der Waals surface area contributed by atoms with Gasteiger partial charge in [0.2, 0.25) is 5.96 Å². The molecule has 14 rings (SSSR count). The van der Waals surface area contributed by atoms with Crippen LogP contribution in [0.3, 0.4) is 0 Å². The van der Waals surface area contributed by atoms with Crippen LogP contribution in [0.15, 0.2) is 127 Å². The lowest BCUT2D eigenvalue weighted by Gasteiger charge is -2.38. The van der Waals surface area contributed by atoms with Crippen LogP contribution < -0.4 is 22.1 Å². The highest BCUT2D eigenvalue weighted by Gasteiger charge is 2.45. The van der Waals surface area contributed by atoms with Crippen LogP contribution in [0.5, 0.6) is 0 Å². The predicted molar refractivity (Wildman–Crippen MR) is 334 cm³/mol. The molecule has 10 aromatic rings. The summed E-state index contributed by atoms with van der Waals surface area (Å²) < 4.78 is 31.8. The van der Waals surface area contributed by atoms with E-state index in [-0.39, 0.29) is 53.6 Å². The molecule has 460 valence electrons. The smallest absolute Gasteiger partial charge is 0.358 e. The Bertz CT molecular complexity index is 4110. The van der Waals surface area contributed by atoms with Crippen LogP contribution in [0.4, 0.5) is 20.4 Å². The number of piperidine rings is 2. The summed E-state index contributed by atoms with van der Waals surface area (Å²) >= 11 is 0. The SMILES string of the molecule is CCNC(=NCCCN(C)C)n1ncc(C(=O)N2[C@@H]3CC[C@H]2CC(c2cc(N)n4ncc(-c5ccc(-c6ccccc6F)nc5)c4n2)C3)n1.Cl.Nc1cc(C2C[C@H]3CC[C@@H](C2)N3)nc2c(-c3ccc(-c4ccccc4F)nc3)cnn12.O=C(O)c1cn[nH]n1. The number of benzene rings is 2. The fraction of sp³-hybridized carbons (Fsp3) is 0.339. The topological polar surface area (TPSA) is 308 Å². The van der Waals surface area contributed by atoms with Crippen molar-refractivity contribution in [2.75, 3.05) is 45.2 Å². The van der Waals surface area contributed by atoms with Crippen LogP contribution in [0.1, 0.15) is 109 Å². The van der Waals surface area contributed by atoms with E-state index in [9.17, 15) is 18.4 Å². The average Bonchev–Trinajstić information content (AvgIpc) is 2.14. The molecule has 27 heteroatoms. The summed E-state index contributed by atoms with van der Waals surface area (Å²) in [5.41, 5.74) is 21.8. The first-order valence-electron chi connectivity index (χ1n) is 29.5. The zero-order chi connectivity index (χ0) is 61.0. The molecule has 0 radical (unpaired) electrons. The molecule has 12 heterocycles. The van der Waals surface area contributed by atoms with Crippen LogP contribution in [-0.2, 0) is 0 Å². The number of anilines is 2. The van der Waals surface area contributed by atoms with Gasteiger partial charge in [0.05, 0.1) is 36.2 Å². The minimum Gasteiger partial charge on any atom is -0.476 e. The van der Waals surface area contributed by atoms with E-state index in [0.29, 0.717) is 82.5 Å². The quantitative estimate of drug-likeness (QED) is 0.0360. The maximum Gasteiger partial charge on any atom is 0.358 e. The maximum absolute atomic E-state index is 14.3. The Hall–Kier alpha value is -9.66. The molecule has 4 fully saturated rings. The summed E-state index contributed by atoms with van der Waals surface area (Å²) in [4.78, 5) is 53.1. The number of carboxylic acid groups (broad SMARTS) is 1. The number of nitrogens with two attached hydrogens (primary N) is 2. The van der Waals surface area contributed by atoms with Crippen molar-refractivity contribution in [2.45, 2.75) is 101 Å². The van der Waals surface area contributed by atoms with Crippen molar-refractivity contribution in [3.8, 4) is 44.8 Å². The molecule has 4 saturated heterocycles. The van der Waals surface area contributed by atoms with E-state index in [1.54, 1.807) is 76.3 Å². The number of amides is 1. The van der Waals surface area contributed by atoms with Gasteiger partial charge in [-0.1, -0.05) is 36.4 Å². The Labute approximate surface area is 516 Å². The number of aromatic carboxylic acids is 1. The predicted octanol–water partition coefficient (Wildman–Crippen LogP) is 8.19. The molecule has 4 aliphatic heterocycles. The molecule has 8 N–H and O–H groups in total. The van der Waals surface area contributed by atoms with Gasteiger partial charge in [0, 0.05) is 118 Å². The Morgan fingerprint density at radius 2 is 1.25 bits per heavy atom. The molecule has 0 spiro atoms. The van der Waals surface area contributed by atoms with Gasteiger partial charge in [-0.25, -0.2) is 28.5 Å². The number of pyridine rings is 2. The molecule has 1 amide bonds. The summed E-state index contributed by atoms with van der Waals surface area (Å²) in [5.74, 6) is 0.384. The van der Waals surface area contributed by atoms with Gasteiger partial charge in [0.1, 0.15) is 23.3 Å². The molecule has 4 aliphatic rings. The molecule has 4 bridgehead atoms. The van der Waals surface area contributed by atoms with Crippen molar-refractivity contribution < 1.29 is 23.5 Å². The summed E-state index contributed by atoms with van der Waals surface area (Å²) in [6.07, 6.45) is 18.6. The highest BCUT2D eigenvalue weighted by Crippen LogP contribution is 2.44. The molecule has 0 aliphatic carbocycles. The van der Waals surface area contributed by atoms with Gasteiger partial charge in [0.15, 0.2) is 22.7 Å². The van der Waals surface area contributed by atoms with E-state index in [1.165, 1.54) is 36.0 Å². The fourth-order valence-corrected chi connectivity index (χ4v) is 12.5. The average molecular weight is 1230 g/mol. The zero-order valence-electron chi connectivity index (χ0n) is 49.2. The van der Waals surface area contributed by atoms with Crippen molar-refractivity contribution >= 4 is 53.2 Å². The number of rotatable bonds is 13. The molecule has 0 saturated carbocycles. The molecular formula is C62H68ClF2N21O3. The van der Waals surface area contributed by atoms with Crippen LogP contribution in [0.2, 0.25) is 0 Å². The second-order valence-corrected chi connectivity index (χ2v) is 22.8. The molecule has 6 atom stereocenters. The third-order valence-corrected chi connectivity index (χ3v) is 16.7. The van der Waals surface area contributed by atoms with Crippen molar-refractivity contribution in [3.63, 3.8) is 0 Å². The molecular weight excluding hydrogens is 1160 g/mol. The Morgan fingerprint density at radius 3 is 1.72 bits per heavy atom. The number of nitrogens with one attached hydrogen (secondary N) is 3. The van der Waals surface area contributed by atoms with E-state index < -0.39 is 5.97 Å². The normalized spacial score (nSPS) is 19.3. The number of aliphatic imine (C=N–C) groups is 1. The number of aromatic amines is 1. The number of halogens is 3. The van der Waals surface area contributed by atoms with Gasteiger partial charge in [-0.15, -0.1) is 27.4 Å². The number of hydrogen-bond donors (Lipinski definition) is 6. The number of nitrogens with zero attached hydrogens (tertiary/aromatic N) is 16. The lowest BCUT2D eigenvalue weighted by molar-refractivity contribution is 0.0562. The largest absolute Gasteiger partial charge is 0.476 e. The van der Waals surface area contributed by atoms with Gasteiger partial charge >= 0.3 is 5.97 Å². The number of hydrogen-bond acceptors (Lipinski definition) is 17. The first-order valence-corrected chi connectivity index (χ1v) is 29.5. The molecule has 2 unspecified atom stereocenters. The van der Waals surface area contributed by atoms with Crippen LogP contribution >= 0.6 is 12.4 Å². The molecule has 2 aromatic carbocycles. The number of carboxylic acids is 1. The second kappa shape index (κ2) is 26.8. The zero-order valence-corrected chi connectivity index (χ0v) is 50.1. The number of carbonyl (C=O) groups excluding carboxylic acids is 1. The van der Waals surface area contributed by atoms with Crippen LogP contribution in [-0.4, -0.2) is 160 Å². The van der Waals surface area contributed by atoms with Gasteiger partial charge in [-0.2, -0.15) is 34.6 Å². The monoisotopic (exact) mass is 1230 g/mol. The van der Waals surface area contributed by atoms with Crippen molar-refractivity contribution in [1.82, 2.24) is 90.0 Å². The highest BCUT2D eigenvalue weighted by molar-refractivity contribution is 5.93. The Kier molecular flexibility index (Phi) is 18.3. The molecule has 89 heavy (non-hydrogen) atoms. The maximum atomic E-state index is 14.3. The minimum atomic E-state index is -1.07. The van der Waals surface area contributed by atoms with E-state index in [1.807, 2.05) is 56.3 Å². The number of nitrogen functional groups attached to an aromatic ring is 2. The molecule has 8 aromatic heterocycles. The third-order valence-electron chi connectivity index (χ3n) is 16.7. The number of fused-ring (bicyclic) bond motifs is 6. The first-order chi connectivity index (χ1) is 42.8. The number of carbonyl (C=O) groups is 2. The van der Waals surface area contributed by atoms with Crippen molar-refractivity contribution in [3.05, 3.63) is 157 Å². The number of H-pyrrole nitrogens is 1. The standard InChI is InChI=1S/C35H41FN12O.C24H23FN6.C3H3N3O2.ClH/c1-4-38-35(39-14-7-15-45(2)3)48-42-21-31(44-48)34(49)46-24-11-12-25(46)17-23(16-24)30-18-32(37)47-33(43-30)27(20-41-47)22-10-13-29(40-19-22)26-8-5-6-9-28(26)36;25-20-4-2-1-3-18(20)21-8-5-14(12-27-21)19-13-28-31-23(26)11-22(30-24(19)31)15-9-16-6-7-17(10-15)29-16;7-3(8)2-1-4-6-5-2;/h5-6,8-10,13,18-21,23-25H,4,7,11-12,14-17,37H2,1-3H3,(H,38,39);1-5,8,11-13,15-17,29H,6-7,9-10,26H2;1H,(H,7,8)(H,4,5,6);1H/t23?,24-,25+;15?,16-,17+;;. The summed E-state index contributed by atoms with van der Waals surface area (Å²) in [5, 5.41) is 41.7. The van der Waals surface area contributed by atoms with Gasteiger partial charge in [0.25, 0.3) is 5.91 Å². The number of aromatic nitrogens is 14. The molecule has 24 nitrogen and oxygen atoms in total. The first kappa shape index (κ1) is 61.0. The fourth-order valence-electron chi connectivity index (χ4n) is 12.5. The summed E-state index contributed by atoms with van der Waals surface area (Å²) in [6, 6.07) is 25.9. The Morgan fingerprint density at radius 1 is 0.697 bits per heavy atom.